The summed E-state index contributed by atoms with van der Waals surface area (Å²) in [4.78, 5) is 50.6. The highest BCUT2D eigenvalue weighted by atomic mass is 32.2. The molecule has 0 fully saturated rings. The van der Waals surface area contributed by atoms with Crippen LogP contribution in [0.2, 0.25) is 0 Å². The monoisotopic (exact) mass is 636 g/mol. The molecule has 2 amide bonds. The lowest BCUT2D eigenvalue weighted by atomic mass is 9.97. The van der Waals surface area contributed by atoms with E-state index in [9.17, 15) is 29.6 Å². The summed E-state index contributed by atoms with van der Waals surface area (Å²) in [6.45, 7) is 4.96. The number of rotatable bonds is 19. The Morgan fingerprint density at radius 3 is 2.38 bits per heavy atom. The number of carbonyl (C=O) groups is 3. The summed E-state index contributed by atoms with van der Waals surface area (Å²) in [5, 5.41) is 28.6. The van der Waals surface area contributed by atoms with Crippen LogP contribution < -0.4 is 10.6 Å². The van der Waals surface area contributed by atoms with Crippen molar-refractivity contribution in [2.24, 2.45) is 5.92 Å². The van der Waals surface area contributed by atoms with Gasteiger partial charge in [-0.2, -0.15) is 11.8 Å². The van der Waals surface area contributed by atoms with Crippen LogP contribution in [0.1, 0.15) is 50.7 Å². The molecule has 0 aliphatic carbocycles. The van der Waals surface area contributed by atoms with Gasteiger partial charge in [0.15, 0.2) is 0 Å². The molecule has 3 atom stereocenters. The lowest BCUT2D eigenvalue weighted by Gasteiger charge is -2.31. The number of nitrogens with zero attached hydrogens (tertiary/aromatic N) is 2. The zero-order chi connectivity index (χ0) is 32.8. The van der Waals surface area contributed by atoms with Crippen LogP contribution in [0, 0.1) is 16.0 Å². The summed E-state index contributed by atoms with van der Waals surface area (Å²) in [7, 11) is 0. The highest BCUT2D eigenvalue weighted by Crippen LogP contribution is 2.21. The third-order valence-corrected chi connectivity index (χ3v) is 8.68. The smallest absolute Gasteiger partial charge is 0.326 e. The van der Waals surface area contributed by atoms with E-state index in [1.807, 2.05) is 53.6 Å². The molecule has 0 aliphatic rings. The Labute approximate surface area is 269 Å². The molecule has 3 rings (SSSR count). The summed E-state index contributed by atoms with van der Waals surface area (Å²) >= 11 is 1.53. The van der Waals surface area contributed by atoms with E-state index >= 15 is 0 Å². The van der Waals surface area contributed by atoms with Crippen molar-refractivity contribution in [1.29, 1.82) is 0 Å². The van der Waals surface area contributed by atoms with E-state index in [-0.39, 0.29) is 36.0 Å². The van der Waals surface area contributed by atoms with Gasteiger partial charge >= 0.3 is 5.97 Å². The minimum Gasteiger partial charge on any atom is -0.480 e. The maximum atomic E-state index is 13.2. The molecule has 3 N–H and O–H groups in total. The van der Waals surface area contributed by atoms with Crippen molar-refractivity contribution in [1.82, 2.24) is 15.5 Å². The molecule has 10 nitrogen and oxygen atoms in total. The lowest BCUT2D eigenvalue weighted by molar-refractivity contribution is -0.384. The quantitative estimate of drug-likeness (QED) is 0.117. The lowest BCUT2D eigenvalue weighted by Crippen LogP contribution is -2.51. The van der Waals surface area contributed by atoms with Gasteiger partial charge in [-0.3, -0.25) is 24.6 Å². The molecule has 242 valence electrons. The number of thioether (sulfide) groups is 1. The van der Waals surface area contributed by atoms with Crippen molar-refractivity contribution in [2.75, 3.05) is 25.1 Å². The van der Waals surface area contributed by atoms with Gasteiger partial charge in [0.05, 0.1) is 11.5 Å². The first-order valence-corrected chi connectivity index (χ1v) is 16.7. The number of fused-ring (bicyclic) bond motifs is 1. The number of hydrogen-bond donors (Lipinski definition) is 3. The molecule has 11 heteroatoms. The number of carboxylic acids is 1. The normalized spacial score (nSPS) is 13.2. The molecule has 0 spiro atoms. The highest BCUT2D eigenvalue weighted by Gasteiger charge is 2.25. The second kappa shape index (κ2) is 18.1. The predicted molar refractivity (Wildman–Crippen MR) is 179 cm³/mol. The number of benzene rings is 3. The number of non-ortho nitro benzene ring substituents is 1. The Bertz CT molecular complexity index is 1430. The minimum atomic E-state index is -1.06. The summed E-state index contributed by atoms with van der Waals surface area (Å²) in [6, 6.07) is 19.3. The molecule has 0 saturated carbocycles. The standard InChI is InChI=1S/C34H44N4O6S/c1-4-24(2)31(36-32(39)14-7-9-25-15-17-28(18-16-25)38(43)44)22-37(23-33(40)35-30(34(41)42)19-20-45-3)21-27-12-8-11-26-10-5-6-13-29(26)27/h5-6,8,10-13,15-18,24,30-31H,4,7,9,14,19-23H2,1-3H3,(H,35,40)(H,36,39)(H,41,42). The third kappa shape index (κ3) is 11.5. The molecular weight excluding hydrogens is 592 g/mol. The summed E-state index contributed by atoms with van der Waals surface area (Å²) < 4.78 is 0. The first-order chi connectivity index (χ1) is 21.6. The van der Waals surface area contributed by atoms with E-state index in [0.29, 0.717) is 44.5 Å². The number of nitrogens with one attached hydrogen (secondary N) is 2. The minimum absolute atomic E-state index is 0.0186. The first-order valence-electron chi connectivity index (χ1n) is 15.3. The van der Waals surface area contributed by atoms with E-state index < -0.39 is 16.9 Å². The van der Waals surface area contributed by atoms with Crippen LogP contribution in [0.15, 0.2) is 66.7 Å². The Hall–Kier alpha value is -3.96. The average Bonchev–Trinajstić information content (AvgIpc) is 3.02. The van der Waals surface area contributed by atoms with Crippen LogP contribution in [-0.4, -0.2) is 69.9 Å². The first kappa shape index (κ1) is 35.5. The van der Waals surface area contributed by atoms with Crippen molar-refractivity contribution < 1.29 is 24.4 Å². The molecular formula is C34H44N4O6S. The van der Waals surface area contributed by atoms with Crippen molar-refractivity contribution in [3.63, 3.8) is 0 Å². The predicted octanol–water partition coefficient (Wildman–Crippen LogP) is 5.43. The van der Waals surface area contributed by atoms with Gasteiger partial charge in [0.2, 0.25) is 11.8 Å². The Kier molecular flexibility index (Phi) is 14.3. The highest BCUT2D eigenvalue weighted by molar-refractivity contribution is 7.98. The largest absolute Gasteiger partial charge is 0.480 e. The second-order valence-electron chi connectivity index (χ2n) is 11.4. The Morgan fingerprint density at radius 2 is 1.71 bits per heavy atom. The van der Waals surface area contributed by atoms with Gasteiger partial charge in [-0.15, -0.1) is 0 Å². The summed E-state index contributed by atoms with van der Waals surface area (Å²) in [5.41, 5.74) is 2.00. The molecule has 3 aromatic carbocycles. The van der Waals surface area contributed by atoms with Gasteiger partial charge in [-0.05, 0) is 59.1 Å². The van der Waals surface area contributed by atoms with Crippen molar-refractivity contribution in [3.05, 3.63) is 88.0 Å². The maximum Gasteiger partial charge on any atom is 0.326 e. The maximum absolute atomic E-state index is 13.2. The molecule has 0 bridgehead atoms. The average molecular weight is 637 g/mol. The number of nitro benzene ring substituents is 1. The van der Waals surface area contributed by atoms with Gasteiger partial charge in [0.25, 0.3) is 5.69 Å². The molecule has 0 aromatic heterocycles. The van der Waals surface area contributed by atoms with Crippen LogP contribution in [0.25, 0.3) is 10.8 Å². The SMILES string of the molecule is CCC(C)C(CN(CC(=O)NC(CCSC)C(=O)O)Cc1cccc2ccccc12)NC(=O)CCCc1ccc([N+](=O)[O-])cc1. The van der Waals surface area contributed by atoms with E-state index in [4.69, 9.17) is 0 Å². The van der Waals surface area contributed by atoms with Gasteiger partial charge in [-0.1, -0.05) is 74.9 Å². The number of carbonyl (C=O) groups excluding carboxylic acids is 2. The van der Waals surface area contributed by atoms with Crippen molar-refractivity contribution >= 4 is 46.0 Å². The number of aryl methyl sites for hydroxylation is 1. The van der Waals surface area contributed by atoms with Gasteiger partial charge in [0.1, 0.15) is 6.04 Å². The number of amides is 2. The third-order valence-electron chi connectivity index (χ3n) is 8.03. The van der Waals surface area contributed by atoms with Crippen molar-refractivity contribution in [2.45, 2.75) is 64.6 Å². The second-order valence-corrected chi connectivity index (χ2v) is 12.4. The molecule has 0 aliphatic heterocycles. The fraction of sp³-hybridized carbons (Fsp3) is 0.441. The van der Waals surface area contributed by atoms with Crippen LogP contribution >= 0.6 is 11.8 Å². The van der Waals surface area contributed by atoms with Crippen molar-refractivity contribution in [3.8, 4) is 0 Å². The van der Waals surface area contributed by atoms with Crippen LogP contribution in [0.5, 0.6) is 0 Å². The summed E-state index contributed by atoms with van der Waals surface area (Å²) in [5.74, 6) is -0.795. The van der Waals surface area contributed by atoms with Crippen LogP contribution in [0.4, 0.5) is 5.69 Å². The zero-order valence-electron chi connectivity index (χ0n) is 26.2. The Balaban J connectivity index is 1.73. The number of nitro groups is 1. The van der Waals surface area contributed by atoms with E-state index in [1.54, 1.807) is 12.1 Å². The molecule has 3 aromatic rings. The van der Waals surface area contributed by atoms with Gasteiger partial charge in [-0.25, -0.2) is 4.79 Å². The fourth-order valence-corrected chi connectivity index (χ4v) is 5.71. The zero-order valence-corrected chi connectivity index (χ0v) is 27.1. The molecule has 3 unspecified atom stereocenters. The number of hydrogen-bond acceptors (Lipinski definition) is 7. The topological polar surface area (TPSA) is 142 Å². The van der Waals surface area contributed by atoms with Gasteiger partial charge in [0, 0.05) is 37.7 Å². The molecule has 0 heterocycles. The van der Waals surface area contributed by atoms with Gasteiger partial charge < -0.3 is 15.7 Å². The number of carboxylic acid groups (broad SMARTS) is 1. The van der Waals surface area contributed by atoms with E-state index in [1.165, 1.54) is 23.9 Å². The summed E-state index contributed by atoms with van der Waals surface area (Å²) in [6.07, 6.45) is 4.55. The number of aliphatic carboxylic acids is 1. The van der Waals surface area contributed by atoms with E-state index in [0.717, 1.165) is 28.3 Å². The Morgan fingerprint density at radius 1 is 1.00 bits per heavy atom. The fourth-order valence-electron chi connectivity index (χ4n) is 5.24. The molecule has 45 heavy (non-hydrogen) atoms. The van der Waals surface area contributed by atoms with E-state index in [2.05, 4.69) is 24.5 Å². The van der Waals surface area contributed by atoms with Crippen LogP contribution in [0.3, 0.4) is 0 Å². The van der Waals surface area contributed by atoms with Crippen LogP contribution in [-0.2, 0) is 27.3 Å². The molecule has 0 radical (unpaired) electrons. The molecule has 0 saturated heterocycles.